The number of benzene rings is 2. The first-order valence-corrected chi connectivity index (χ1v) is 11.5. The van der Waals surface area contributed by atoms with Gasteiger partial charge in [0.2, 0.25) is 5.91 Å². The molecule has 8 nitrogen and oxygen atoms in total. The Morgan fingerprint density at radius 3 is 2.23 bits per heavy atom. The topological polar surface area (TPSA) is 103 Å². The molecule has 168 valence electrons. The van der Waals surface area contributed by atoms with Gasteiger partial charge < -0.3 is 19.5 Å². The Hall–Kier alpha value is -2.78. The van der Waals surface area contributed by atoms with E-state index in [2.05, 4.69) is 10.0 Å². The third kappa shape index (κ3) is 4.77. The fourth-order valence-electron chi connectivity index (χ4n) is 3.67. The summed E-state index contributed by atoms with van der Waals surface area (Å²) in [6, 6.07) is 11.4. The van der Waals surface area contributed by atoms with Gasteiger partial charge in [0, 0.05) is 25.4 Å². The number of hydrogen-bond donors (Lipinski definition) is 2. The average molecular weight is 449 g/mol. The van der Waals surface area contributed by atoms with Crippen molar-refractivity contribution in [3.05, 3.63) is 48.0 Å². The van der Waals surface area contributed by atoms with Crippen LogP contribution in [0.25, 0.3) is 0 Å². The summed E-state index contributed by atoms with van der Waals surface area (Å²) in [5.41, 5.74) is 0.727. The number of methoxy groups -OCH3 is 3. The highest BCUT2D eigenvalue weighted by atomic mass is 32.2. The predicted molar refractivity (Wildman–Crippen MR) is 117 cm³/mol. The molecule has 1 fully saturated rings. The number of rotatable bonds is 10. The average Bonchev–Trinajstić information content (AvgIpc) is 2.73. The highest BCUT2D eigenvalue weighted by molar-refractivity contribution is 7.92. The quantitative estimate of drug-likeness (QED) is 0.542. The lowest BCUT2D eigenvalue weighted by Gasteiger charge is -2.40. The molecule has 2 aromatic carbocycles. The number of carbonyl (C=O) groups excluding carboxylic acids is 1. The Kier molecular flexibility index (Phi) is 7.07. The van der Waals surface area contributed by atoms with Gasteiger partial charge in [-0.1, -0.05) is 18.6 Å². The molecule has 1 saturated carbocycles. The zero-order valence-electron chi connectivity index (χ0n) is 17.9. The van der Waals surface area contributed by atoms with Crippen LogP contribution in [0, 0.1) is 0 Å². The van der Waals surface area contributed by atoms with Gasteiger partial charge in [-0.15, -0.1) is 0 Å². The largest absolute Gasteiger partial charge is 0.493 e. The van der Waals surface area contributed by atoms with Gasteiger partial charge in [-0.3, -0.25) is 9.52 Å². The van der Waals surface area contributed by atoms with E-state index >= 15 is 0 Å². The number of amides is 1. The maximum Gasteiger partial charge on any atom is 0.262 e. The van der Waals surface area contributed by atoms with Crippen molar-refractivity contribution < 1.29 is 27.4 Å². The summed E-state index contributed by atoms with van der Waals surface area (Å²) >= 11 is 0. The molecule has 0 radical (unpaired) electrons. The van der Waals surface area contributed by atoms with Crippen LogP contribution in [0.4, 0.5) is 5.69 Å². The summed E-state index contributed by atoms with van der Waals surface area (Å²) in [6.07, 6.45) is 2.51. The van der Waals surface area contributed by atoms with E-state index in [1.165, 1.54) is 26.4 Å². The molecule has 0 bridgehead atoms. The molecular weight excluding hydrogens is 420 g/mol. The number of carbonyl (C=O) groups is 1. The highest BCUT2D eigenvalue weighted by Crippen LogP contribution is 2.44. The van der Waals surface area contributed by atoms with Gasteiger partial charge in [-0.05, 0) is 42.7 Å². The van der Waals surface area contributed by atoms with Crippen LogP contribution in [-0.4, -0.2) is 48.8 Å². The highest BCUT2D eigenvalue weighted by Gasteiger charge is 2.45. The summed E-state index contributed by atoms with van der Waals surface area (Å²) in [5, 5.41) is 2.92. The fourth-order valence-corrected chi connectivity index (χ4v) is 4.74. The zero-order chi connectivity index (χ0) is 22.5. The monoisotopic (exact) mass is 448 g/mol. The third-order valence-electron chi connectivity index (χ3n) is 5.59. The first kappa shape index (κ1) is 22.9. The molecule has 0 spiro atoms. The smallest absolute Gasteiger partial charge is 0.262 e. The van der Waals surface area contributed by atoms with Crippen LogP contribution in [0.3, 0.4) is 0 Å². The fraction of sp³-hybridized carbons (Fsp3) is 0.409. The number of nitrogens with one attached hydrogen (secondary N) is 2. The van der Waals surface area contributed by atoms with Crippen molar-refractivity contribution in [2.75, 3.05) is 39.2 Å². The van der Waals surface area contributed by atoms with Gasteiger partial charge in [0.25, 0.3) is 10.0 Å². The van der Waals surface area contributed by atoms with Crippen molar-refractivity contribution in [3.8, 4) is 11.5 Å². The summed E-state index contributed by atoms with van der Waals surface area (Å²) in [7, 11) is 0.701. The van der Waals surface area contributed by atoms with Gasteiger partial charge in [-0.25, -0.2) is 8.42 Å². The molecule has 1 amide bonds. The van der Waals surface area contributed by atoms with E-state index < -0.39 is 15.4 Å². The SMILES string of the molecule is COCCNC(=O)C1(c2ccc(NS(=O)(=O)c3ccc(OC)c(OC)c3)cc2)CCC1. The first-order valence-electron chi connectivity index (χ1n) is 9.99. The maximum absolute atomic E-state index is 12.8. The van der Waals surface area contributed by atoms with Gasteiger partial charge in [0.1, 0.15) is 0 Å². The van der Waals surface area contributed by atoms with Crippen LogP contribution in [0.15, 0.2) is 47.4 Å². The molecule has 0 unspecified atom stereocenters. The second kappa shape index (κ2) is 9.57. The third-order valence-corrected chi connectivity index (χ3v) is 6.97. The number of anilines is 1. The minimum absolute atomic E-state index is 0.0190. The van der Waals surface area contributed by atoms with E-state index in [0.29, 0.717) is 30.3 Å². The maximum atomic E-state index is 12.8. The molecule has 1 aliphatic carbocycles. The van der Waals surface area contributed by atoms with Crippen molar-refractivity contribution in [1.29, 1.82) is 0 Å². The number of ether oxygens (including phenoxy) is 3. The molecule has 0 atom stereocenters. The Morgan fingerprint density at radius 2 is 1.68 bits per heavy atom. The predicted octanol–water partition coefficient (Wildman–Crippen LogP) is 2.69. The van der Waals surface area contributed by atoms with Crippen LogP contribution >= 0.6 is 0 Å². The van der Waals surface area contributed by atoms with Crippen molar-refractivity contribution in [2.24, 2.45) is 0 Å². The molecule has 2 aromatic rings. The van der Waals surface area contributed by atoms with Gasteiger partial charge in [0.05, 0.1) is 31.1 Å². The van der Waals surface area contributed by atoms with Crippen LogP contribution in [0.1, 0.15) is 24.8 Å². The van der Waals surface area contributed by atoms with E-state index in [9.17, 15) is 13.2 Å². The lowest BCUT2D eigenvalue weighted by atomic mass is 9.64. The van der Waals surface area contributed by atoms with Crippen LogP contribution in [0.2, 0.25) is 0 Å². The van der Waals surface area contributed by atoms with Crippen molar-refractivity contribution in [3.63, 3.8) is 0 Å². The summed E-state index contributed by atoms with van der Waals surface area (Å²) in [5.74, 6) is 0.752. The second-order valence-corrected chi connectivity index (χ2v) is 9.07. The Morgan fingerprint density at radius 1 is 1.00 bits per heavy atom. The van der Waals surface area contributed by atoms with Crippen molar-refractivity contribution in [1.82, 2.24) is 5.32 Å². The van der Waals surface area contributed by atoms with E-state index in [4.69, 9.17) is 14.2 Å². The van der Waals surface area contributed by atoms with Crippen molar-refractivity contribution >= 4 is 21.6 Å². The molecule has 3 rings (SSSR count). The Bertz CT molecular complexity index is 1020. The minimum atomic E-state index is -3.82. The summed E-state index contributed by atoms with van der Waals surface area (Å²) in [4.78, 5) is 12.8. The molecule has 0 heterocycles. The molecule has 1 aliphatic rings. The van der Waals surface area contributed by atoms with Crippen LogP contribution in [-0.2, 0) is 25.0 Å². The van der Waals surface area contributed by atoms with E-state index in [1.807, 2.05) is 12.1 Å². The van der Waals surface area contributed by atoms with Gasteiger partial charge in [0.15, 0.2) is 11.5 Å². The normalized spacial score (nSPS) is 14.9. The standard InChI is InChI=1S/C22H28N2O6S/c1-28-14-13-23-21(25)22(11-4-12-22)16-5-7-17(8-6-16)24-31(26,27)18-9-10-19(29-2)20(15-18)30-3/h5-10,15,24H,4,11-14H2,1-3H3,(H,23,25). The first-order chi connectivity index (χ1) is 14.9. The lowest BCUT2D eigenvalue weighted by molar-refractivity contribution is -0.130. The van der Waals surface area contributed by atoms with E-state index in [0.717, 1.165) is 24.8 Å². The number of sulfonamides is 1. The molecule has 0 saturated heterocycles. The van der Waals surface area contributed by atoms with Gasteiger partial charge >= 0.3 is 0 Å². The Balaban J connectivity index is 1.76. The molecule has 9 heteroatoms. The van der Waals surface area contributed by atoms with E-state index in [1.54, 1.807) is 25.3 Å². The Labute approximate surface area is 182 Å². The lowest BCUT2D eigenvalue weighted by Crippen LogP contribution is -2.49. The molecule has 2 N–H and O–H groups in total. The summed E-state index contributed by atoms with van der Waals surface area (Å²) in [6.45, 7) is 0.916. The van der Waals surface area contributed by atoms with Crippen LogP contribution < -0.4 is 19.5 Å². The molecule has 31 heavy (non-hydrogen) atoms. The summed E-state index contributed by atoms with van der Waals surface area (Å²) < 4.78 is 43.5. The molecule has 0 aliphatic heterocycles. The van der Waals surface area contributed by atoms with E-state index in [-0.39, 0.29) is 10.8 Å². The minimum Gasteiger partial charge on any atom is -0.493 e. The van der Waals surface area contributed by atoms with Gasteiger partial charge in [-0.2, -0.15) is 0 Å². The zero-order valence-corrected chi connectivity index (χ0v) is 18.8. The molecular formula is C22H28N2O6S. The van der Waals surface area contributed by atoms with Crippen LogP contribution in [0.5, 0.6) is 11.5 Å². The number of hydrogen-bond acceptors (Lipinski definition) is 6. The second-order valence-electron chi connectivity index (χ2n) is 7.38. The van der Waals surface area contributed by atoms with Crippen molar-refractivity contribution in [2.45, 2.75) is 29.6 Å². The molecule has 0 aromatic heterocycles.